The lowest BCUT2D eigenvalue weighted by molar-refractivity contribution is -0.124. The molecule has 0 saturated heterocycles. The van der Waals surface area contributed by atoms with Crippen molar-refractivity contribution in [1.29, 1.82) is 0 Å². The highest BCUT2D eigenvalue weighted by atomic mass is 16.2. The fourth-order valence-corrected chi connectivity index (χ4v) is 3.68. The SMILES string of the molecule is CCCNc1nc(Nc2ccc(C(N)=O)cc2)ncc1-c1ccc(CNC(=O)CCC(=O)/C=C/CN(C)C)cc1. The lowest BCUT2D eigenvalue weighted by atomic mass is 10.1. The summed E-state index contributed by atoms with van der Waals surface area (Å²) in [5, 5.41) is 9.39. The van der Waals surface area contributed by atoms with Crippen LogP contribution in [0.1, 0.15) is 42.1 Å². The van der Waals surface area contributed by atoms with Gasteiger partial charge < -0.3 is 26.6 Å². The summed E-state index contributed by atoms with van der Waals surface area (Å²) >= 11 is 0. The van der Waals surface area contributed by atoms with Crippen LogP contribution in [0.2, 0.25) is 0 Å². The number of rotatable bonds is 15. The number of nitrogens with zero attached hydrogens (tertiary/aromatic N) is 3. The van der Waals surface area contributed by atoms with Crippen molar-refractivity contribution in [2.75, 3.05) is 37.8 Å². The van der Waals surface area contributed by atoms with Gasteiger partial charge in [0.05, 0.1) is 0 Å². The Morgan fingerprint density at radius 1 is 1.00 bits per heavy atom. The fourth-order valence-electron chi connectivity index (χ4n) is 3.68. The van der Waals surface area contributed by atoms with Crippen molar-refractivity contribution in [3.63, 3.8) is 0 Å². The first kappa shape index (κ1) is 30.0. The predicted octanol–water partition coefficient (Wildman–Crippen LogP) is 3.89. The zero-order chi connectivity index (χ0) is 28.9. The average molecular weight is 544 g/mol. The minimum Gasteiger partial charge on any atom is -0.369 e. The third-order valence-electron chi connectivity index (χ3n) is 5.88. The Morgan fingerprint density at radius 2 is 1.73 bits per heavy atom. The molecule has 0 spiro atoms. The molecule has 0 aliphatic heterocycles. The van der Waals surface area contributed by atoms with Gasteiger partial charge in [0, 0.05) is 55.5 Å². The highest BCUT2D eigenvalue weighted by Gasteiger charge is 2.11. The maximum atomic E-state index is 12.2. The quantitative estimate of drug-likeness (QED) is 0.212. The molecule has 0 aliphatic carbocycles. The molecular formula is C30H37N7O3. The number of nitrogens with two attached hydrogens (primary N) is 1. The molecule has 0 atom stereocenters. The Hall–Kier alpha value is -4.57. The van der Waals surface area contributed by atoms with E-state index < -0.39 is 5.91 Å². The van der Waals surface area contributed by atoms with Crippen molar-refractivity contribution < 1.29 is 14.4 Å². The van der Waals surface area contributed by atoms with E-state index in [9.17, 15) is 14.4 Å². The second-order valence-electron chi connectivity index (χ2n) is 9.55. The molecule has 10 nitrogen and oxygen atoms in total. The van der Waals surface area contributed by atoms with Gasteiger partial charge in [-0.25, -0.2) is 4.98 Å². The minimum absolute atomic E-state index is 0.0572. The normalized spacial score (nSPS) is 11.0. The molecule has 2 amide bonds. The molecule has 5 N–H and O–H groups in total. The van der Waals surface area contributed by atoms with Crippen LogP contribution in [0.3, 0.4) is 0 Å². The van der Waals surface area contributed by atoms with Gasteiger partial charge in [0.1, 0.15) is 5.82 Å². The summed E-state index contributed by atoms with van der Waals surface area (Å²) in [7, 11) is 3.85. The maximum Gasteiger partial charge on any atom is 0.248 e. The van der Waals surface area contributed by atoms with E-state index >= 15 is 0 Å². The number of carbonyl (C=O) groups excluding carboxylic acids is 3. The van der Waals surface area contributed by atoms with Crippen LogP contribution in [0.4, 0.5) is 17.5 Å². The molecule has 2 aromatic carbocycles. The number of ketones is 1. The summed E-state index contributed by atoms with van der Waals surface area (Å²) in [5.41, 5.74) is 9.19. The number of likely N-dealkylation sites (N-methyl/N-ethyl adjacent to an activating group) is 1. The van der Waals surface area contributed by atoms with Crippen LogP contribution in [-0.2, 0) is 16.1 Å². The Labute approximate surface area is 235 Å². The molecule has 40 heavy (non-hydrogen) atoms. The predicted molar refractivity (Wildman–Crippen MR) is 158 cm³/mol. The van der Waals surface area contributed by atoms with Crippen LogP contribution in [0.25, 0.3) is 11.1 Å². The van der Waals surface area contributed by atoms with E-state index in [0.29, 0.717) is 30.4 Å². The molecule has 0 radical (unpaired) electrons. The molecule has 3 rings (SSSR count). The van der Waals surface area contributed by atoms with Gasteiger partial charge >= 0.3 is 0 Å². The largest absolute Gasteiger partial charge is 0.369 e. The van der Waals surface area contributed by atoms with Gasteiger partial charge in [0.15, 0.2) is 5.78 Å². The van der Waals surface area contributed by atoms with Crippen LogP contribution in [0.5, 0.6) is 0 Å². The summed E-state index contributed by atoms with van der Waals surface area (Å²) in [6.45, 7) is 3.88. The molecule has 1 heterocycles. The van der Waals surface area contributed by atoms with Crippen molar-refractivity contribution in [2.45, 2.75) is 32.7 Å². The fraction of sp³-hybridized carbons (Fsp3) is 0.300. The first-order valence-electron chi connectivity index (χ1n) is 13.2. The first-order chi connectivity index (χ1) is 19.2. The molecule has 1 aromatic heterocycles. The molecule has 10 heteroatoms. The van der Waals surface area contributed by atoms with Crippen molar-refractivity contribution in [2.24, 2.45) is 5.73 Å². The highest BCUT2D eigenvalue weighted by molar-refractivity contribution is 5.93. The van der Waals surface area contributed by atoms with Gasteiger partial charge in [-0.1, -0.05) is 37.3 Å². The summed E-state index contributed by atoms with van der Waals surface area (Å²) in [5.74, 6) is 0.407. The van der Waals surface area contributed by atoms with Crippen molar-refractivity contribution >= 4 is 35.1 Å². The van der Waals surface area contributed by atoms with E-state index in [4.69, 9.17) is 5.73 Å². The second kappa shape index (κ2) is 15.1. The van der Waals surface area contributed by atoms with E-state index in [0.717, 1.165) is 35.3 Å². The Kier molecular flexibility index (Phi) is 11.3. The van der Waals surface area contributed by atoms with Crippen LogP contribution in [0, 0.1) is 0 Å². The molecule has 3 aromatic rings. The minimum atomic E-state index is -0.484. The highest BCUT2D eigenvalue weighted by Crippen LogP contribution is 2.28. The van der Waals surface area contributed by atoms with Crippen molar-refractivity contribution in [3.05, 3.63) is 78.0 Å². The van der Waals surface area contributed by atoms with Crippen LogP contribution in [-0.4, -0.2) is 59.7 Å². The molecular weight excluding hydrogens is 506 g/mol. The monoisotopic (exact) mass is 543 g/mol. The van der Waals surface area contributed by atoms with Gasteiger partial charge in [-0.2, -0.15) is 4.98 Å². The van der Waals surface area contributed by atoms with Crippen LogP contribution >= 0.6 is 0 Å². The summed E-state index contributed by atoms with van der Waals surface area (Å²) in [6, 6.07) is 14.6. The number of amides is 2. The third kappa shape index (κ3) is 9.63. The van der Waals surface area contributed by atoms with E-state index in [1.807, 2.05) is 43.3 Å². The topological polar surface area (TPSA) is 142 Å². The number of aromatic nitrogens is 2. The maximum absolute atomic E-state index is 12.2. The number of nitrogens with one attached hydrogen (secondary N) is 3. The van der Waals surface area contributed by atoms with E-state index in [-0.39, 0.29) is 24.5 Å². The average Bonchev–Trinajstić information content (AvgIpc) is 2.94. The Bertz CT molecular complexity index is 1320. The lowest BCUT2D eigenvalue weighted by Crippen LogP contribution is -2.23. The molecule has 0 saturated carbocycles. The van der Waals surface area contributed by atoms with Crippen molar-refractivity contribution in [3.8, 4) is 11.1 Å². The van der Waals surface area contributed by atoms with Crippen molar-refractivity contribution in [1.82, 2.24) is 20.2 Å². The zero-order valence-electron chi connectivity index (χ0n) is 23.2. The van der Waals surface area contributed by atoms with Crippen LogP contribution < -0.4 is 21.7 Å². The third-order valence-corrected chi connectivity index (χ3v) is 5.88. The number of primary amides is 1. The summed E-state index contributed by atoms with van der Waals surface area (Å²) in [6.07, 6.45) is 6.36. The van der Waals surface area contributed by atoms with E-state index in [1.54, 1.807) is 36.5 Å². The Balaban J connectivity index is 1.60. The molecule has 210 valence electrons. The van der Waals surface area contributed by atoms with Gasteiger partial charge in [-0.3, -0.25) is 14.4 Å². The smallest absolute Gasteiger partial charge is 0.248 e. The molecule has 0 fully saturated rings. The van der Waals surface area contributed by atoms with E-state index in [1.165, 1.54) is 6.08 Å². The number of hydrogen-bond acceptors (Lipinski definition) is 8. The van der Waals surface area contributed by atoms with Gasteiger partial charge in [0.25, 0.3) is 0 Å². The number of allylic oxidation sites excluding steroid dienone is 1. The lowest BCUT2D eigenvalue weighted by Gasteiger charge is -2.13. The summed E-state index contributed by atoms with van der Waals surface area (Å²) < 4.78 is 0. The second-order valence-corrected chi connectivity index (χ2v) is 9.55. The summed E-state index contributed by atoms with van der Waals surface area (Å²) in [4.78, 5) is 46.5. The first-order valence-corrected chi connectivity index (χ1v) is 13.2. The Morgan fingerprint density at radius 3 is 2.38 bits per heavy atom. The van der Waals surface area contributed by atoms with Gasteiger partial charge in [-0.15, -0.1) is 0 Å². The molecule has 0 unspecified atom stereocenters. The number of carbonyl (C=O) groups is 3. The number of anilines is 3. The zero-order valence-corrected chi connectivity index (χ0v) is 23.2. The number of benzene rings is 2. The van der Waals surface area contributed by atoms with E-state index in [2.05, 4.69) is 32.8 Å². The van der Waals surface area contributed by atoms with Crippen LogP contribution in [0.15, 0.2) is 66.9 Å². The van der Waals surface area contributed by atoms with Gasteiger partial charge in [0.2, 0.25) is 17.8 Å². The standard InChI is InChI=1S/C30H37N7O3/c1-4-17-32-29-26(20-34-30(36-29)35-24-13-11-23(12-14-24)28(31)40)22-9-7-21(8-10-22)19-33-27(39)16-15-25(38)6-5-18-37(2)3/h5-14,20H,4,15-19H2,1-3H3,(H2,31,40)(H,33,39)(H2,32,34,35,36)/b6-5+. The van der Waals surface area contributed by atoms with Gasteiger partial charge in [-0.05, 0) is 62.0 Å². The molecule has 0 bridgehead atoms. The number of hydrogen-bond donors (Lipinski definition) is 4. The molecule has 0 aliphatic rings.